The number of carboxylic acid groups (broad SMARTS) is 1. The van der Waals surface area contributed by atoms with E-state index in [1.54, 1.807) is 12.1 Å². The Hall–Kier alpha value is -2.41. The van der Waals surface area contributed by atoms with Gasteiger partial charge >= 0.3 is 5.97 Å². The van der Waals surface area contributed by atoms with Crippen molar-refractivity contribution in [3.05, 3.63) is 53.1 Å². The molecule has 0 spiro atoms. The molecule has 7 heteroatoms. The van der Waals surface area contributed by atoms with Gasteiger partial charge < -0.3 is 20.5 Å². The highest BCUT2D eigenvalue weighted by atomic mass is 35.5. The van der Waals surface area contributed by atoms with Gasteiger partial charge in [-0.25, -0.2) is 4.99 Å². The highest BCUT2D eigenvalue weighted by Gasteiger charge is 2.52. The van der Waals surface area contributed by atoms with E-state index >= 15 is 0 Å². The molecule has 2 heterocycles. The van der Waals surface area contributed by atoms with Crippen molar-refractivity contribution in [2.24, 2.45) is 10.4 Å². The Morgan fingerprint density at radius 2 is 2.03 bits per heavy atom. The number of para-hydroxylation sites is 2. The van der Waals surface area contributed by atoms with Crippen molar-refractivity contribution in [2.75, 3.05) is 19.6 Å². The van der Waals surface area contributed by atoms with Crippen LogP contribution in [-0.4, -0.2) is 42.5 Å². The first-order valence-corrected chi connectivity index (χ1v) is 10.3. The molecule has 3 N–H and O–H groups in total. The fourth-order valence-corrected chi connectivity index (χ4v) is 4.54. The maximum Gasteiger partial charge on any atom is 0.317 e. The molecule has 2 aliphatic heterocycles. The largest absolute Gasteiger partial charge is 0.480 e. The third-order valence-corrected chi connectivity index (χ3v) is 5.93. The Morgan fingerprint density at radius 1 is 1.24 bits per heavy atom. The fourth-order valence-electron chi connectivity index (χ4n) is 4.28. The molecule has 6 nitrogen and oxygen atoms in total. The summed E-state index contributed by atoms with van der Waals surface area (Å²) in [6.07, 6.45) is 1.11. The zero-order chi connectivity index (χ0) is 20.4. The summed E-state index contributed by atoms with van der Waals surface area (Å²) in [7, 11) is 0. The van der Waals surface area contributed by atoms with E-state index in [1.165, 1.54) is 0 Å². The molecule has 1 fully saturated rings. The summed E-state index contributed by atoms with van der Waals surface area (Å²) < 4.78 is 6.13. The van der Waals surface area contributed by atoms with Crippen molar-refractivity contribution >= 4 is 29.0 Å². The van der Waals surface area contributed by atoms with Gasteiger partial charge in [0.1, 0.15) is 16.9 Å². The number of carboxylic acids is 1. The van der Waals surface area contributed by atoms with Crippen molar-refractivity contribution in [3.8, 4) is 11.5 Å². The molecule has 4 rings (SSSR count). The van der Waals surface area contributed by atoms with Crippen molar-refractivity contribution in [3.63, 3.8) is 0 Å². The minimum absolute atomic E-state index is 0.332. The summed E-state index contributed by atoms with van der Waals surface area (Å²) in [5.41, 5.74) is 0.329. The molecule has 0 aromatic heterocycles. The molecule has 0 radical (unpaired) electrons. The number of aliphatic carboxylic acids is 1. The number of benzene rings is 2. The van der Waals surface area contributed by atoms with Crippen LogP contribution in [0.5, 0.6) is 11.5 Å². The highest BCUT2D eigenvalue weighted by Crippen LogP contribution is 2.46. The molecule has 0 amide bonds. The summed E-state index contributed by atoms with van der Waals surface area (Å²) in [5.74, 6) is 0.188. The molecule has 2 aromatic carbocycles. The van der Waals surface area contributed by atoms with Crippen LogP contribution in [-0.2, 0) is 4.79 Å². The second-order valence-electron chi connectivity index (χ2n) is 7.38. The Balaban J connectivity index is 2.02. The standard InChI is InChI=1S/C22H24ClN3O3/c1-2-10-22(21(27)28,18-13-24-11-12-25-18)20-19-14(23)6-5-9-17(19)29-16-8-4-3-7-15(16)26-20/h3-9,18,24-25H,2,10-13H2,1H3,(H,27,28). The van der Waals surface area contributed by atoms with E-state index in [9.17, 15) is 9.90 Å². The first-order valence-electron chi connectivity index (χ1n) is 9.90. The van der Waals surface area contributed by atoms with E-state index in [0.29, 0.717) is 59.4 Å². The average molecular weight is 414 g/mol. The summed E-state index contributed by atoms with van der Waals surface area (Å²) in [4.78, 5) is 17.8. The normalized spacial score (nSPS) is 20.3. The molecule has 1 saturated heterocycles. The van der Waals surface area contributed by atoms with Crippen LogP contribution in [0.15, 0.2) is 47.5 Å². The van der Waals surface area contributed by atoms with Gasteiger partial charge in [-0.1, -0.05) is 43.1 Å². The van der Waals surface area contributed by atoms with Crippen LogP contribution in [0.2, 0.25) is 5.02 Å². The van der Waals surface area contributed by atoms with Crippen LogP contribution >= 0.6 is 11.6 Å². The van der Waals surface area contributed by atoms with Gasteiger partial charge in [-0.15, -0.1) is 0 Å². The van der Waals surface area contributed by atoms with E-state index in [2.05, 4.69) is 10.6 Å². The number of hydrogen-bond donors (Lipinski definition) is 3. The average Bonchev–Trinajstić information content (AvgIpc) is 2.90. The number of halogens is 1. The van der Waals surface area contributed by atoms with Crippen LogP contribution in [0.4, 0.5) is 5.69 Å². The van der Waals surface area contributed by atoms with Gasteiger partial charge in [0.2, 0.25) is 0 Å². The number of piperazine rings is 1. The molecule has 2 aromatic rings. The second kappa shape index (κ2) is 8.14. The number of rotatable bonds is 5. The number of ether oxygens (including phenoxy) is 1. The lowest BCUT2D eigenvalue weighted by Crippen LogP contribution is -2.62. The fraction of sp³-hybridized carbons (Fsp3) is 0.364. The predicted molar refractivity (Wildman–Crippen MR) is 114 cm³/mol. The molecule has 2 unspecified atom stereocenters. The molecule has 0 bridgehead atoms. The predicted octanol–water partition coefficient (Wildman–Crippen LogP) is 4.00. The SMILES string of the molecule is CCCC(C(=O)O)(C1=Nc2ccccc2Oc2cccc(Cl)c21)C1CNCCN1. The molecular weight excluding hydrogens is 390 g/mol. The van der Waals surface area contributed by atoms with Gasteiger partial charge in [-0.3, -0.25) is 4.79 Å². The van der Waals surface area contributed by atoms with Gasteiger partial charge in [0.15, 0.2) is 5.75 Å². The molecule has 0 aliphatic carbocycles. The van der Waals surface area contributed by atoms with Crippen LogP contribution in [0.3, 0.4) is 0 Å². The minimum Gasteiger partial charge on any atom is -0.480 e. The smallest absolute Gasteiger partial charge is 0.317 e. The van der Waals surface area contributed by atoms with Gasteiger partial charge in [0.25, 0.3) is 0 Å². The summed E-state index contributed by atoms with van der Waals surface area (Å²) >= 11 is 6.61. The number of fused-ring (bicyclic) bond motifs is 2. The van der Waals surface area contributed by atoms with Gasteiger partial charge in [-0.05, 0) is 30.7 Å². The third kappa shape index (κ3) is 3.41. The Kier molecular flexibility index (Phi) is 5.58. The van der Waals surface area contributed by atoms with E-state index in [4.69, 9.17) is 21.3 Å². The number of carbonyl (C=O) groups is 1. The van der Waals surface area contributed by atoms with E-state index < -0.39 is 11.4 Å². The van der Waals surface area contributed by atoms with Crippen molar-refractivity contribution in [1.29, 1.82) is 0 Å². The zero-order valence-electron chi connectivity index (χ0n) is 16.2. The first kappa shape index (κ1) is 19.9. The van der Waals surface area contributed by atoms with Crippen molar-refractivity contribution in [1.82, 2.24) is 10.6 Å². The van der Waals surface area contributed by atoms with Crippen LogP contribution < -0.4 is 15.4 Å². The quantitative estimate of drug-likeness (QED) is 0.690. The zero-order valence-corrected chi connectivity index (χ0v) is 17.0. The summed E-state index contributed by atoms with van der Waals surface area (Å²) in [5, 5.41) is 17.7. The number of hydrogen-bond acceptors (Lipinski definition) is 5. The van der Waals surface area contributed by atoms with Gasteiger partial charge in [-0.2, -0.15) is 0 Å². The minimum atomic E-state index is -1.26. The third-order valence-electron chi connectivity index (χ3n) is 5.61. The lowest BCUT2D eigenvalue weighted by Gasteiger charge is -2.41. The topological polar surface area (TPSA) is 83.0 Å². The van der Waals surface area contributed by atoms with E-state index in [1.807, 2.05) is 37.3 Å². The monoisotopic (exact) mass is 413 g/mol. The maximum absolute atomic E-state index is 12.9. The number of nitrogens with zero attached hydrogens (tertiary/aromatic N) is 1. The van der Waals surface area contributed by atoms with E-state index in [0.717, 1.165) is 6.54 Å². The first-order chi connectivity index (χ1) is 14.1. The van der Waals surface area contributed by atoms with Gasteiger partial charge in [0, 0.05) is 25.7 Å². The number of nitrogens with one attached hydrogen (secondary N) is 2. The molecular formula is C22H24ClN3O3. The van der Waals surface area contributed by atoms with Crippen LogP contribution in [0, 0.1) is 5.41 Å². The van der Waals surface area contributed by atoms with E-state index in [-0.39, 0.29) is 6.04 Å². The van der Waals surface area contributed by atoms with Crippen LogP contribution in [0.25, 0.3) is 0 Å². The highest BCUT2D eigenvalue weighted by molar-refractivity contribution is 6.36. The molecule has 0 saturated carbocycles. The molecule has 2 atom stereocenters. The van der Waals surface area contributed by atoms with Gasteiger partial charge in [0.05, 0.1) is 16.3 Å². The Morgan fingerprint density at radius 3 is 2.76 bits per heavy atom. The molecule has 152 valence electrons. The lowest BCUT2D eigenvalue weighted by atomic mass is 9.69. The van der Waals surface area contributed by atoms with Crippen LogP contribution in [0.1, 0.15) is 25.3 Å². The second-order valence-corrected chi connectivity index (χ2v) is 7.79. The van der Waals surface area contributed by atoms with Crippen molar-refractivity contribution in [2.45, 2.75) is 25.8 Å². The maximum atomic E-state index is 12.9. The summed E-state index contributed by atoms with van der Waals surface area (Å²) in [6, 6.07) is 12.4. The number of aliphatic imine (C=N–C) groups is 1. The molecule has 2 aliphatic rings. The lowest BCUT2D eigenvalue weighted by molar-refractivity contribution is -0.146. The Labute approximate surface area is 174 Å². The molecule has 29 heavy (non-hydrogen) atoms. The summed E-state index contributed by atoms with van der Waals surface area (Å²) in [6.45, 7) is 4.02. The Bertz CT molecular complexity index is 956. The van der Waals surface area contributed by atoms with Crippen molar-refractivity contribution < 1.29 is 14.6 Å².